The first kappa shape index (κ1) is 21.1. The number of piperidine rings is 1. The van der Waals surface area contributed by atoms with E-state index in [4.69, 9.17) is 0 Å². The number of amides is 2. The molecule has 3 rings (SSSR count). The summed E-state index contributed by atoms with van der Waals surface area (Å²) < 4.78 is 13.2. The van der Waals surface area contributed by atoms with Crippen LogP contribution in [0.25, 0.3) is 0 Å². The topological polar surface area (TPSA) is 52.7 Å². The van der Waals surface area contributed by atoms with Gasteiger partial charge in [-0.1, -0.05) is 20.3 Å². The fraction of sp³-hybridized carbons (Fsp3) is 0.619. The highest BCUT2D eigenvalue weighted by Gasteiger charge is 2.42. The molecule has 2 saturated heterocycles. The molecule has 0 radical (unpaired) electrons. The number of nitrogens with zero attached hydrogens (tertiary/aromatic N) is 2. The minimum Gasteiger partial charge on any atom is -0.353 e. The van der Waals surface area contributed by atoms with Gasteiger partial charge in [0.1, 0.15) is 11.9 Å². The molecule has 0 unspecified atom stereocenters. The molecular formula is C21H30FN3O2S. The number of hydrogen-bond donors (Lipinski definition) is 1. The van der Waals surface area contributed by atoms with Crippen molar-refractivity contribution in [2.24, 2.45) is 5.92 Å². The van der Waals surface area contributed by atoms with E-state index in [1.165, 1.54) is 43.5 Å². The van der Waals surface area contributed by atoms with Gasteiger partial charge in [-0.15, -0.1) is 11.8 Å². The number of carbonyl (C=O) groups excluding carboxylic acids is 2. The Bertz CT molecular complexity index is 677. The van der Waals surface area contributed by atoms with E-state index in [0.29, 0.717) is 17.9 Å². The molecule has 7 heteroatoms. The van der Waals surface area contributed by atoms with Gasteiger partial charge in [0.25, 0.3) is 5.91 Å². The van der Waals surface area contributed by atoms with Crippen molar-refractivity contribution in [1.82, 2.24) is 15.1 Å². The molecule has 5 nitrogen and oxygen atoms in total. The Morgan fingerprint density at radius 2 is 1.86 bits per heavy atom. The first-order chi connectivity index (χ1) is 13.5. The van der Waals surface area contributed by atoms with Crippen LogP contribution >= 0.6 is 11.8 Å². The number of likely N-dealkylation sites (tertiary alicyclic amines) is 1. The van der Waals surface area contributed by atoms with E-state index in [9.17, 15) is 14.0 Å². The number of thioether (sulfide) groups is 1. The van der Waals surface area contributed by atoms with Crippen LogP contribution in [0, 0.1) is 11.7 Å². The van der Waals surface area contributed by atoms with Gasteiger partial charge in [-0.25, -0.2) is 4.39 Å². The second-order valence-electron chi connectivity index (χ2n) is 7.90. The van der Waals surface area contributed by atoms with Gasteiger partial charge in [-0.2, -0.15) is 0 Å². The standard InChI is InChI=1S/C21H30FN3O2S/c1-15(2)21-25(20(27)16-6-8-17(22)9-7-16)18(14-28-21)19(26)23-10-13-24-11-4-3-5-12-24/h6-9,15,18,21H,3-5,10-14H2,1-2H3,(H,23,26)/t18-,21-/m0/s1. The van der Waals surface area contributed by atoms with Crippen LogP contribution in [0.3, 0.4) is 0 Å². The molecule has 1 aromatic carbocycles. The smallest absolute Gasteiger partial charge is 0.255 e. The van der Waals surface area contributed by atoms with Crippen molar-refractivity contribution >= 4 is 23.6 Å². The minimum atomic E-state index is -0.490. The molecule has 2 fully saturated rings. The maximum absolute atomic E-state index is 13.2. The second kappa shape index (κ2) is 9.74. The number of nitrogens with one attached hydrogen (secondary N) is 1. The number of hydrogen-bond acceptors (Lipinski definition) is 4. The van der Waals surface area contributed by atoms with E-state index in [-0.39, 0.29) is 28.9 Å². The lowest BCUT2D eigenvalue weighted by Gasteiger charge is -2.31. The summed E-state index contributed by atoms with van der Waals surface area (Å²) in [4.78, 5) is 30.0. The predicted octanol–water partition coefficient (Wildman–Crippen LogP) is 2.97. The normalized spacial score (nSPS) is 23.2. The molecule has 2 heterocycles. The lowest BCUT2D eigenvalue weighted by molar-refractivity contribution is -0.125. The van der Waals surface area contributed by atoms with Crippen molar-refractivity contribution in [1.29, 1.82) is 0 Å². The van der Waals surface area contributed by atoms with Crippen LogP contribution in [-0.2, 0) is 4.79 Å². The van der Waals surface area contributed by atoms with Crippen LogP contribution in [-0.4, -0.2) is 65.0 Å². The Balaban J connectivity index is 1.64. The van der Waals surface area contributed by atoms with Gasteiger partial charge in [0.15, 0.2) is 0 Å². The maximum Gasteiger partial charge on any atom is 0.255 e. The zero-order chi connectivity index (χ0) is 20.1. The molecule has 1 N–H and O–H groups in total. The van der Waals surface area contributed by atoms with E-state index < -0.39 is 6.04 Å². The van der Waals surface area contributed by atoms with Gasteiger partial charge in [-0.3, -0.25) is 9.59 Å². The monoisotopic (exact) mass is 407 g/mol. The van der Waals surface area contributed by atoms with Gasteiger partial charge in [0, 0.05) is 24.4 Å². The summed E-state index contributed by atoms with van der Waals surface area (Å²) in [6.45, 7) is 7.76. The number of rotatable bonds is 6. The Hall–Kier alpha value is -1.60. The van der Waals surface area contributed by atoms with Crippen LogP contribution < -0.4 is 5.32 Å². The summed E-state index contributed by atoms with van der Waals surface area (Å²) in [5.41, 5.74) is 0.417. The minimum absolute atomic E-state index is 0.0598. The molecule has 0 aliphatic carbocycles. The molecule has 154 valence electrons. The summed E-state index contributed by atoms with van der Waals surface area (Å²) in [5, 5.41) is 2.97. The average Bonchev–Trinajstić information content (AvgIpc) is 3.14. The number of halogens is 1. The lowest BCUT2D eigenvalue weighted by Crippen LogP contribution is -2.51. The fourth-order valence-corrected chi connectivity index (χ4v) is 5.36. The molecule has 0 aromatic heterocycles. The van der Waals surface area contributed by atoms with E-state index in [1.54, 1.807) is 16.7 Å². The SMILES string of the molecule is CC(C)[C@@H]1SC[C@@H](C(=O)NCCN2CCCCC2)N1C(=O)c1ccc(F)cc1. The summed E-state index contributed by atoms with van der Waals surface area (Å²) in [6, 6.07) is 5.06. The molecule has 2 atom stereocenters. The Labute approximate surface area is 171 Å². The number of benzene rings is 1. The zero-order valence-corrected chi connectivity index (χ0v) is 17.5. The zero-order valence-electron chi connectivity index (χ0n) is 16.7. The molecule has 0 bridgehead atoms. The number of carbonyl (C=O) groups is 2. The highest BCUT2D eigenvalue weighted by molar-refractivity contribution is 8.00. The fourth-order valence-electron chi connectivity index (χ4n) is 3.88. The quantitative estimate of drug-likeness (QED) is 0.788. The van der Waals surface area contributed by atoms with Crippen molar-refractivity contribution in [3.63, 3.8) is 0 Å². The van der Waals surface area contributed by atoms with Gasteiger partial charge >= 0.3 is 0 Å². The van der Waals surface area contributed by atoms with Crippen LogP contribution in [0.5, 0.6) is 0 Å². The summed E-state index contributed by atoms with van der Waals surface area (Å²) in [7, 11) is 0. The third-order valence-electron chi connectivity index (χ3n) is 5.41. The van der Waals surface area contributed by atoms with Gasteiger partial charge in [0.2, 0.25) is 5.91 Å². The summed E-state index contributed by atoms with van der Waals surface area (Å²) >= 11 is 1.64. The van der Waals surface area contributed by atoms with Gasteiger partial charge in [-0.05, 0) is 56.1 Å². The molecule has 2 aliphatic heterocycles. The highest BCUT2D eigenvalue weighted by Crippen LogP contribution is 2.35. The molecule has 1 aromatic rings. The van der Waals surface area contributed by atoms with Crippen LogP contribution in [0.1, 0.15) is 43.5 Å². The molecule has 28 heavy (non-hydrogen) atoms. The van der Waals surface area contributed by atoms with Crippen LogP contribution in [0.2, 0.25) is 0 Å². The van der Waals surface area contributed by atoms with Crippen molar-refractivity contribution in [3.8, 4) is 0 Å². The van der Waals surface area contributed by atoms with E-state index in [0.717, 1.165) is 19.6 Å². The third-order valence-corrected chi connectivity index (χ3v) is 7.03. The molecule has 0 spiro atoms. The molecule has 0 saturated carbocycles. The first-order valence-corrected chi connectivity index (χ1v) is 11.2. The Kier molecular flexibility index (Phi) is 7.35. The van der Waals surface area contributed by atoms with Crippen molar-refractivity contribution in [3.05, 3.63) is 35.6 Å². The van der Waals surface area contributed by atoms with Crippen molar-refractivity contribution in [2.45, 2.75) is 44.5 Å². The van der Waals surface area contributed by atoms with E-state index in [2.05, 4.69) is 24.1 Å². The Morgan fingerprint density at radius 3 is 2.50 bits per heavy atom. The van der Waals surface area contributed by atoms with Gasteiger partial charge < -0.3 is 15.1 Å². The molecular weight excluding hydrogens is 377 g/mol. The first-order valence-electron chi connectivity index (χ1n) is 10.2. The lowest BCUT2D eigenvalue weighted by atomic mass is 10.1. The van der Waals surface area contributed by atoms with Crippen LogP contribution in [0.4, 0.5) is 4.39 Å². The summed E-state index contributed by atoms with van der Waals surface area (Å²) in [5.74, 6) is 0.133. The maximum atomic E-state index is 13.2. The van der Waals surface area contributed by atoms with Crippen molar-refractivity contribution < 1.29 is 14.0 Å². The highest BCUT2D eigenvalue weighted by atomic mass is 32.2. The molecule has 2 aliphatic rings. The second-order valence-corrected chi connectivity index (χ2v) is 9.05. The van der Waals surface area contributed by atoms with E-state index >= 15 is 0 Å². The molecule has 2 amide bonds. The van der Waals surface area contributed by atoms with Crippen molar-refractivity contribution in [2.75, 3.05) is 31.9 Å². The van der Waals surface area contributed by atoms with Gasteiger partial charge in [0.05, 0.1) is 5.37 Å². The van der Waals surface area contributed by atoms with E-state index in [1.807, 2.05) is 0 Å². The summed E-state index contributed by atoms with van der Waals surface area (Å²) in [6.07, 6.45) is 3.74. The average molecular weight is 408 g/mol. The largest absolute Gasteiger partial charge is 0.353 e. The Morgan fingerprint density at radius 1 is 1.18 bits per heavy atom. The van der Waals surface area contributed by atoms with Crippen LogP contribution in [0.15, 0.2) is 24.3 Å². The predicted molar refractivity (Wildman–Crippen MR) is 111 cm³/mol. The third kappa shape index (κ3) is 5.06.